The smallest absolute Gasteiger partial charge is 0.295 e. The molecule has 8 heteroatoms. The summed E-state index contributed by atoms with van der Waals surface area (Å²) in [5, 5.41) is 8.22. The lowest BCUT2D eigenvalue weighted by molar-refractivity contribution is 0.101. The number of nitrogens with zero attached hydrogens (tertiary/aromatic N) is 3. The van der Waals surface area contributed by atoms with Gasteiger partial charge in [-0.3, -0.25) is 4.79 Å². The molecular weight excluding hydrogens is 475 g/mol. The minimum atomic E-state index is -0.454. The van der Waals surface area contributed by atoms with Gasteiger partial charge in [0.15, 0.2) is 5.82 Å². The van der Waals surface area contributed by atoms with Crippen LogP contribution in [-0.2, 0) is 0 Å². The van der Waals surface area contributed by atoms with Crippen LogP contribution in [0.15, 0.2) is 77.3 Å². The highest BCUT2D eigenvalue weighted by Gasteiger charge is 2.19. The topological polar surface area (TPSA) is 59.8 Å². The summed E-state index contributed by atoms with van der Waals surface area (Å²) < 4.78 is 2.55. The molecule has 3 aromatic carbocycles. The van der Waals surface area contributed by atoms with E-state index in [2.05, 4.69) is 31.3 Å². The van der Waals surface area contributed by atoms with Crippen LogP contribution in [0, 0.1) is 0 Å². The molecule has 4 rings (SSSR count). The van der Waals surface area contributed by atoms with Crippen molar-refractivity contribution < 1.29 is 4.79 Å². The van der Waals surface area contributed by atoms with Crippen LogP contribution in [0.4, 0.5) is 5.69 Å². The Bertz CT molecular complexity index is 1110. The summed E-state index contributed by atoms with van der Waals surface area (Å²) in [6.07, 6.45) is 0. The van der Waals surface area contributed by atoms with Crippen LogP contribution in [0.3, 0.4) is 0 Å². The highest BCUT2D eigenvalue weighted by atomic mass is 79.9. The fourth-order valence-corrected chi connectivity index (χ4v) is 3.27. The fraction of sp³-hybridized carbons (Fsp3) is 0. The summed E-state index contributed by atoms with van der Waals surface area (Å²) in [6, 6.07) is 21.7. The van der Waals surface area contributed by atoms with Crippen LogP contribution in [0.1, 0.15) is 10.6 Å². The van der Waals surface area contributed by atoms with Gasteiger partial charge in [0, 0.05) is 15.1 Å². The van der Waals surface area contributed by atoms with Crippen LogP contribution in [0.25, 0.3) is 17.1 Å². The first-order valence-electron chi connectivity index (χ1n) is 8.56. The molecule has 29 heavy (non-hydrogen) atoms. The number of benzene rings is 3. The lowest BCUT2D eigenvalue weighted by atomic mass is 10.2. The molecule has 0 aliphatic rings. The van der Waals surface area contributed by atoms with Gasteiger partial charge in [-0.25, -0.2) is 9.67 Å². The molecule has 1 amide bonds. The minimum absolute atomic E-state index is 0.0257. The largest absolute Gasteiger partial charge is 0.318 e. The highest BCUT2D eigenvalue weighted by Crippen LogP contribution is 2.25. The Labute approximate surface area is 185 Å². The van der Waals surface area contributed by atoms with Gasteiger partial charge < -0.3 is 5.32 Å². The molecule has 4 aromatic rings. The molecule has 144 valence electrons. The second-order valence-corrected chi connectivity index (χ2v) is 7.85. The van der Waals surface area contributed by atoms with E-state index >= 15 is 0 Å². The fourth-order valence-electron chi connectivity index (χ4n) is 2.70. The monoisotopic (exact) mass is 486 g/mol. The summed E-state index contributed by atoms with van der Waals surface area (Å²) in [6.45, 7) is 0. The van der Waals surface area contributed by atoms with E-state index < -0.39 is 5.91 Å². The number of hydrogen-bond acceptors (Lipinski definition) is 3. The number of carbonyl (C=O) groups excluding carboxylic acids is 1. The lowest BCUT2D eigenvalue weighted by Gasteiger charge is -2.06. The van der Waals surface area contributed by atoms with E-state index in [1.54, 1.807) is 41.1 Å². The number of hydrogen-bond donors (Lipinski definition) is 1. The van der Waals surface area contributed by atoms with E-state index in [-0.39, 0.29) is 5.82 Å². The first-order chi connectivity index (χ1) is 14.0. The Morgan fingerprint density at radius 3 is 2.31 bits per heavy atom. The molecule has 0 atom stereocenters. The number of rotatable bonds is 4. The summed E-state index contributed by atoms with van der Waals surface area (Å²) in [7, 11) is 0. The first kappa shape index (κ1) is 19.6. The van der Waals surface area contributed by atoms with E-state index in [1.807, 2.05) is 36.4 Å². The van der Waals surface area contributed by atoms with Crippen LogP contribution < -0.4 is 5.32 Å². The zero-order valence-corrected chi connectivity index (χ0v) is 17.9. The van der Waals surface area contributed by atoms with Crippen LogP contribution in [0.5, 0.6) is 0 Å². The zero-order valence-electron chi connectivity index (χ0n) is 14.8. The van der Waals surface area contributed by atoms with Crippen molar-refractivity contribution in [1.82, 2.24) is 14.8 Å². The summed E-state index contributed by atoms with van der Waals surface area (Å²) in [4.78, 5) is 17.2. The van der Waals surface area contributed by atoms with E-state index in [9.17, 15) is 4.79 Å². The number of anilines is 1. The van der Waals surface area contributed by atoms with E-state index in [4.69, 9.17) is 23.2 Å². The third-order valence-corrected chi connectivity index (χ3v) is 5.22. The van der Waals surface area contributed by atoms with E-state index in [1.165, 1.54) is 0 Å². The number of aromatic nitrogens is 3. The molecule has 1 aromatic heterocycles. The maximum Gasteiger partial charge on any atom is 0.295 e. The van der Waals surface area contributed by atoms with Crippen molar-refractivity contribution in [2.45, 2.75) is 0 Å². The average molecular weight is 488 g/mol. The second kappa shape index (κ2) is 8.37. The number of amides is 1. The van der Waals surface area contributed by atoms with Gasteiger partial charge in [0.25, 0.3) is 5.91 Å². The summed E-state index contributed by atoms with van der Waals surface area (Å²) in [5.74, 6) is 0.103. The number of para-hydroxylation sites is 1. The molecule has 1 N–H and O–H groups in total. The number of halogens is 3. The lowest BCUT2D eigenvalue weighted by Crippen LogP contribution is -2.14. The van der Waals surface area contributed by atoms with Gasteiger partial charge in [-0.15, -0.1) is 5.10 Å². The molecular formula is C21H13BrCl2N4O. The maximum absolute atomic E-state index is 12.8. The Balaban J connectivity index is 1.76. The molecule has 0 saturated carbocycles. The predicted molar refractivity (Wildman–Crippen MR) is 119 cm³/mol. The number of nitrogens with one attached hydrogen (secondary N) is 1. The van der Waals surface area contributed by atoms with Crippen molar-refractivity contribution in [2.75, 3.05) is 5.32 Å². The first-order valence-corrected chi connectivity index (χ1v) is 10.1. The van der Waals surface area contributed by atoms with Gasteiger partial charge in [-0.1, -0.05) is 63.4 Å². The van der Waals surface area contributed by atoms with Crippen LogP contribution in [0.2, 0.25) is 10.0 Å². The molecule has 1 heterocycles. The molecule has 0 aliphatic carbocycles. The van der Waals surface area contributed by atoms with Gasteiger partial charge in [0.2, 0.25) is 5.82 Å². The third kappa shape index (κ3) is 4.34. The highest BCUT2D eigenvalue weighted by molar-refractivity contribution is 9.10. The predicted octanol–water partition coefficient (Wildman–Crippen LogP) is 6.26. The van der Waals surface area contributed by atoms with Crippen LogP contribution >= 0.6 is 39.1 Å². The van der Waals surface area contributed by atoms with Crippen molar-refractivity contribution in [2.24, 2.45) is 0 Å². The van der Waals surface area contributed by atoms with Gasteiger partial charge in [0.1, 0.15) is 0 Å². The van der Waals surface area contributed by atoms with Crippen LogP contribution in [-0.4, -0.2) is 20.7 Å². The van der Waals surface area contributed by atoms with E-state index in [0.29, 0.717) is 21.6 Å². The zero-order chi connectivity index (χ0) is 20.4. The SMILES string of the molecule is O=C(Nc1ccccc1Cl)c1nc(-c2ccc(Br)cc2)n(-c2ccc(Cl)cc2)n1. The Hall–Kier alpha value is -2.67. The average Bonchev–Trinajstić information content (AvgIpc) is 3.16. The molecule has 0 radical (unpaired) electrons. The summed E-state index contributed by atoms with van der Waals surface area (Å²) >= 11 is 15.6. The Morgan fingerprint density at radius 2 is 1.62 bits per heavy atom. The molecule has 0 fully saturated rings. The van der Waals surface area contributed by atoms with Gasteiger partial charge in [0.05, 0.1) is 16.4 Å². The molecule has 0 bridgehead atoms. The number of carbonyl (C=O) groups is 1. The van der Waals surface area contributed by atoms with Gasteiger partial charge in [-0.2, -0.15) is 0 Å². The van der Waals surface area contributed by atoms with Crippen molar-refractivity contribution >= 4 is 50.7 Å². The second-order valence-electron chi connectivity index (χ2n) is 6.09. The molecule has 5 nitrogen and oxygen atoms in total. The van der Waals surface area contributed by atoms with E-state index in [0.717, 1.165) is 15.7 Å². The third-order valence-electron chi connectivity index (χ3n) is 4.11. The minimum Gasteiger partial charge on any atom is -0.318 e. The maximum atomic E-state index is 12.8. The van der Waals surface area contributed by atoms with Crippen molar-refractivity contribution in [1.29, 1.82) is 0 Å². The van der Waals surface area contributed by atoms with Gasteiger partial charge >= 0.3 is 0 Å². The summed E-state index contributed by atoms with van der Waals surface area (Å²) in [5.41, 5.74) is 2.04. The Kier molecular flexibility index (Phi) is 5.67. The van der Waals surface area contributed by atoms with Crippen molar-refractivity contribution in [3.63, 3.8) is 0 Å². The molecule has 0 unspecified atom stereocenters. The molecule has 0 saturated heterocycles. The van der Waals surface area contributed by atoms with Gasteiger partial charge in [-0.05, 0) is 48.5 Å². The normalized spacial score (nSPS) is 10.7. The quantitative estimate of drug-likeness (QED) is 0.369. The van der Waals surface area contributed by atoms with Crippen molar-refractivity contribution in [3.05, 3.63) is 93.1 Å². The van der Waals surface area contributed by atoms with Crippen molar-refractivity contribution in [3.8, 4) is 17.1 Å². The molecule has 0 aliphatic heterocycles. The molecule has 0 spiro atoms. The standard InChI is InChI=1S/C21H13BrCl2N4O/c22-14-7-5-13(6-8-14)20-26-19(21(29)25-18-4-2-1-3-17(18)24)27-28(20)16-11-9-15(23)10-12-16/h1-12H,(H,25,29). The Morgan fingerprint density at radius 1 is 0.931 bits per heavy atom.